The minimum Gasteiger partial charge on any atom is -0.394 e. The summed E-state index contributed by atoms with van der Waals surface area (Å²) in [5, 5.41) is 13.0. The molecule has 2 N–H and O–H groups in total. The Labute approximate surface area is 110 Å². The van der Waals surface area contributed by atoms with Gasteiger partial charge in [-0.05, 0) is 35.7 Å². The molecule has 0 aromatic carbocycles. The summed E-state index contributed by atoms with van der Waals surface area (Å²) in [7, 11) is 0. The SMILES string of the molecule is Cc1nc(Br)cc(NC2(CO)CCCCC2)n1. The first-order valence-corrected chi connectivity index (χ1v) is 6.83. The average Bonchev–Trinajstić information content (AvgIpc) is 2.29. The Morgan fingerprint density at radius 2 is 2.06 bits per heavy atom. The van der Waals surface area contributed by atoms with E-state index in [1.54, 1.807) is 0 Å². The first-order chi connectivity index (χ1) is 8.13. The van der Waals surface area contributed by atoms with Gasteiger partial charge in [0.1, 0.15) is 16.2 Å². The van der Waals surface area contributed by atoms with E-state index in [1.807, 2.05) is 13.0 Å². The fourth-order valence-corrected chi connectivity index (χ4v) is 2.89. The van der Waals surface area contributed by atoms with Crippen LogP contribution in [0.2, 0.25) is 0 Å². The van der Waals surface area contributed by atoms with Crippen LogP contribution in [0.5, 0.6) is 0 Å². The summed E-state index contributed by atoms with van der Waals surface area (Å²) in [4.78, 5) is 8.54. The maximum Gasteiger partial charge on any atom is 0.131 e. The van der Waals surface area contributed by atoms with Crippen LogP contribution >= 0.6 is 15.9 Å². The molecule has 0 aliphatic heterocycles. The molecule has 5 heteroatoms. The molecule has 1 aliphatic rings. The lowest BCUT2D eigenvalue weighted by Gasteiger charge is -2.37. The third-order valence-corrected chi connectivity index (χ3v) is 3.72. The molecule has 0 spiro atoms. The number of anilines is 1. The molecule has 0 bridgehead atoms. The van der Waals surface area contributed by atoms with E-state index >= 15 is 0 Å². The average molecular weight is 300 g/mol. The fraction of sp³-hybridized carbons (Fsp3) is 0.667. The Balaban J connectivity index is 2.17. The molecule has 1 aliphatic carbocycles. The van der Waals surface area contributed by atoms with Crippen molar-refractivity contribution in [2.75, 3.05) is 11.9 Å². The molecular weight excluding hydrogens is 282 g/mol. The lowest BCUT2D eigenvalue weighted by molar-refractivity contribution is 0.172. The van der Waals surface area contributed by atoms with Gasteiger partial charge in [-0.3, -0.25) is 0 Å². The fourth-order valence-electron chi connectivity index (χ4n) is 2.42. The molecule has 0 atom stereocenters. The molecule has 0 saturated heterocycles. The van der Waals surface area contributed by atoms with E-state index in [4.69, 9.17) is 0 Å². The van der Waals surface area contributed by atoms with Gasteiger partial charge in [0.05, 0.1) is 12.1 Å². The summed E-state index contributed by atoms with van der Waals surface area (Å²) in [6, 6.07) is 1.86. The highest BCUT2D eigenvalue weighted by Gasteiger charge is 2.31. The summed E-state index contributed by atoms with van der Waals surface area (Å²) in [5.41, 5.74) is -0.196. The number of aromatic nitrogens is 2. The molecule has 1 aromatic rings. The molecule has 0 radical (unpaired) electrons. The zero-order valence-electron chi connectivity index (χ0n) is 10.0. The topological polar surface area (TPSA) is 58.0 Å². The summed E-state index contributed by atoms with van der Waals surface area (Å²) < 4.78 is 0.774. The van der Waals surface area contributed by atoms with Crippen molar-refractivity contribution in [1.82, 2.24) is 9.97 Å². The lowest BCUT2D eigenvalue weighted by Crippen LogP contribution is -2.44. The molecule has 1 saturated carbocycles. The van der Waals surface area contributed by atoms with Crippen molar-refractivity contribution in [2.45, 2.75) is 44.6 Å². The van der Waals surface area contributed by atoms with E-state index in [9.17, 15) is 5.11 Å². The van der Waals surface area contributed by atoms with E-state index in [1.165, 1.54) is 19.3 Å². The Morgan fingerprint density at radius 3 is 2.65 bits per heavy atom. The van der Waals surface area contributed by atoms with E-state index in [-0.39, 0.29) is 12.1 Å². The quantitative estimate of drug-likeness (QED) is 0.843. The third kappa shape index (κ3) is 3.16. The van der Waals surface area contributed by atoms with E-state index in [0.717, 1.165) is 29.1 Å². The van der Waals surface area contributed by atoms with Gasteiger partial charge in [-0.2, -0.15) is 0 Å². The Hall–Kier alpha value is -0.680. The van der Waals surface area contributed by atoms with E-state index in [2.05, 4.69) is 31.2 Å². The van der Waals surface area contributed by atoms with E-state index in [0.29, 0.717) is 0 Å². The minimum atomic E-state index is -0.196. The number of halogens is 1. The van der Waals surface area contributed by atoms with Crippen molar-refractivity contribution >= 4 is 21.7 Å². The number of nitrogens with zero attached hydrogens (tertiary/aromatic N) is 2. The van der Waals surface area contributed by atoms with Gasteiger partial charge in [0, 0.05) is 6.07 Å². The van der Waals surface area contributed by atoms with Crippen LogP contribution in [0.4, 0.5) is 5.82 Å². The van der Waals surface area contributed by atoms with Crippen LogP contribution in [0, 0.1) is 6.92 Å². The Bertz CT molecular complexity index is 371. The highest BCUT2D eigenvalue weighted by Crippen LogP contribution is 2.31. The first-order valence-electron chi connectivity index (χ1n) is 6.04. The first kappa shape index (κ1) is 12.8. The molecule has 1 fully saturated rings. The standard InChI is InChI=1S/C12H18BrN3O/c1-9-14-10(13)7-11(15-9)16-12(8-17)5-3-2-4-6-12/h7,17H,2-6,8H2,1H3,(H,14,15,16). The van der Waals surface area contributed by atoms with Gasteiger partial charge < -0.3 is 10.4 Å². The molecule has 4 nitrogen and oxygen atoms in total. The minimum absolute atomic E-state index is 0.160. The summed E-state index contributed by atoms with van der Waals surface area (Å²) >= 11 is 3.36. The predicted octanol–water partition coefficient (Wildman–Crippen LogP) is 2.65. The monoisotopic (exact) mass is 299 g/mol. The van der Waals surface area contributed by atoms with Crippen molar-refractivity contribution < 1.29 is 5.11 Å². The maximum atomic E-state index is 9.62. The Kier molecular flexibility index (Phi) is 3.99. The summed E-state index contributed by atoms with van der Waals surface area (Å²) in [6.45, 7) is 2.02. The number of aryl methyl sites for hydroxylation is 1. The molecule has 17 heavy (non-hydrogen) atoms. The maximum absolute atomic E-state index is 9.62. The van der Waals surface area contributed by atoms with Gasteiger partial charge in [0.25, 0.3) is 0 Å². The van der Waals surface area contributed by atoms with Gasteiger partial charge in [-0.25, -0.2) is 9.97 Å². The normalized spacial score (nSPS) is 19.0. The van der Waals surface area contributed by atoms with Crippen molar-refractivity contribution in [3.8, 4) is 0 Å². The lowest BCUT2D eigenvalue weighted by atomic mass is 9.82. The van der Waals surface area contributed by atoms with Gasteiger partial charge in [0.15, 0.2) is 0 Å². The molecule has 2 rings (SSSR count). The zero-order valence-corrected chi connectivity index (χ0v) is 11.6. The number of aliphatic hydroxyl groups is 1. The molecule has 0 unspecified atom stereocenters. The largest absolute Gasteiger partial charge is 0.394 e. The number of nitrogens with one attached hydrogen (secondary N) is 1. The van der Waals surface area contributed by atoms with Crippen LogP contribution in [0.25, 0.3) is 0 Å². The number of aliphatic hydroxyl groups excluding tert-OH is 1. The second kappa shape index (κ2) is 5.31. The van der Waals surface area contributed by atoms with Crippen LogP contribution in [0.15, 0.2) is 10.7 Å². The van der Waals surface area contributed by atoms with Crippen LogP contribution in [-0.2, 0) is 0 Å². The van der Waals surface area contributed by atoms with Crippen molar-refractivity contribution in [3.05, 3.63) is 16.5 Å². The van der Waals surface area contributed by atoms with Crippen LogP contribution in [0.1, 0.15) is 37.9 Å². The van der Waals surface area contributed by atoms with E-state index < -0.39 is 0 Å². The van der Waals surface area contributed by atoms with Gasteiger partial charge >= 0.3 is 0 Å². The van der Waals surface area contributed by atoms with Crippen LogP contribution < -0.4 is 5.32 Å². The van der Waals surface area contributed by atoms with Crippen molar-refractivity contribution in [2.24, 2.45) is 0 Å². The number of hydrogen-bond acceptors (Lipinski definition) is 4. The molecular formula is C12H18BrN3O. The zero-order chi connectivity index (χ0) is 12.3. The van der Waals surface area contributed by atoms with Crippen LogP contribution in [0.3, 0.4) is 0 Å². The van der Waals surface area contributed by atoms with Gasteiger partial charge in [0.2, 0.25) is 0 Å². The van der Waals surface area contributed by atoms with Crippen LogP contribution in [-0.4, -0.2) is 27.2 Å². The molecule has 94 valence electrons. The summed E-state index contributed by atoms with van der Waals surface area (Å²) in [5.74, 6) is 1.52. The second-order valence-electron chi connectivity index (χ2n) is 4.75. The predicted molar refractivity (Wildman–Crippen MR) is 71.0 cm³/mol. The van der Waals surface area contributed by atoms with Gasteiger partial charge in [-0.15, -0.1) is 0 Å². The van der Waals surface area contributed by atoms with Gasteiger partial charge in [-0.1, -0.05) is 19.3 Å². The number of hydrogen-bond donors (Lipinski definition) is 2. The second-order valence-corrected chi connectivity index (χ2v) is 5.56. The third-order valence-electron chi connectivity index (χ3n) is 3.31. The highest BCUT2D eigenvalue weighted by molar-refractivity contribution is 9.10. The number of rotatable bonds is 3. The molecule has 0 amide bonds. The molecule has 1 heterocycles. The highest BCUT2D eigenvalue weighted by atomic mass is 79.9. The van der Waals surface area contributed by atoms with Crippen molar-refractivity contribution in [3.63, 3.8) is 0 Å². The summed E-state index contributed by atoms with van der Waals surface area (Å²) in [6.07, 6.45) is 5.60. The Morgan fingerprint density at radius 1 is 1.35 bits per heavy atom. The smallest absolute Gasteiger partial charge is 0.131 e. The van der Waals surface area contributed by atoms with Crippen molar-refractivity contribution in [1.29, 1.82) is 0 Å². The molecule has 1 aromatic heterocycles.